The van der Waals surface area contributed by atoms with Crippen LogP contribution in [0.4, 0.5) is 0 Å². The molecule has 0 radical (unpaired) electrons. The number of aliphatic hydroxyl groups is 1. The van der Waals surface area contributed by atoms with Crippen molar-refractivity contribution in [1.82, 2.24) is 0 Å². The van der Waals surface area contributed by atoms with Crippen LogP contribution in [0.3, 0.4) is 0 Å². The number of aliphatic imine (C=N–C) groups is 1. The van der Waals surface area contributed by atoms with Gasteiger partial charge in [-0.05, 0) is 18.6 Å². The second-order valence-electron chi connectivity index (χ2n) is 4.46. The van der Waals surface area contributed by atoms with Gasteiger partial charge in [0.05, 0.1) is 4.90 Å². The van der Waals surface area contributed by atoms with Gasteiger partial charge in [-0.25, -0.2) is 13.4 Å². The fourth-order valence-electron chi connectivity index (χ4n) is 2.06. The van der Waals surface area contributed by atoms with Crippen molar-refractivity contribution in [3.8, 4) is 0 Å². The van der Waals surface area contributed by atoms with E-state index in [1.165, 1.54) is 6.07 Å². The van der Waals surface area contributed by atoms with Crippen LogP contribution in [0.25, 0.3) is 0 Å². The van der Waals surface area contributed by atoms with Crippen molar-refractivity contribution in [2.75, 3.05) is 6.61 Å². The average molecular weight is 350 g/mol. The molecule has 0 amide bonds. The molecule has 116 valence electrons. The van der Waals surface area contributed by atoms with Crippen LogP contribution in [0, 0.1) is 6.92 Å². The maximum Gasteiger partial charge on any atom is 0.234 e. The van der Waals surface area contributed by atoms with Crippen LogP contribution in [0.15, 0.2) is 44.2 Å². The van der Waals surface area contributed by atoms with Gasteiger partial charge in [-0.2, -0.15) is 0 Å². The van der Waals surface area contributed by atoms with Gasteiger partial charge in [0.15, 0.2) is 5.17 Å². The molecule has 1 aliphatic rings. The summed E-state index contributed by atoms with van der Waals surface area (Å²) in [7, 11) is -7.07. The monoisotopic (exact) mass is 349 g/mol. The molecule has 0 aliphatic carbocycles. The second-order valence-corrected chi connectivity index (χ2v) is 11.2. The van der Waals surface area contributed by atoms with Crippen LogP contribution >= 0.6 is 20.8 Å². The van der Waals surface area contributed by atoms with E-state index in [-0.39, 0.29) is 33.2 Å². The van der Waals surface area contributed by atoms with Crippen LogP contribution < -0.4 is 10.9 Å². The molecule has 0 saturated carbocycles. The first-order valence-corrected chi connectivity index (χ1v) is 10.1. The van der Waals surface area contributed by atoms with Crippen molar-refractivity contribution in [3.05, 3.63) is 39.9 Å². The van der Waals surface area contributed by atoms with Crippen LogP contribution in [0.5, 0.6) is 0 Å². The average Bonchev–Trinajstić information content (AvgIpc) is 2.64. The van der Waals surface area contributed by atoms with E-state index < -0.39 is 18.1 Å². The molecule has 1 atom stereocenters. The highest BCUT2D eigenvalue weighted by atomic mass is 35.5. The number of amidine groups is 1. The molecule has 0 fully saturated rings. The summed E-state index contributed by atoms with van der Waals surface area (Å²) >= 11 is 5.95. The normalized spacial score (nSPS) is 25.6. The van der Waals surface area contributed by atoms with E-state index in [0.717, 1.165) is 0 Å². The predicted molar refractivity (Wildman–Crippen MR) is 86.3 cm³/mol. The first-order valence-electron chi connectivity index (χ1n) is 6.02. The maximum atomic E-state index is 13.0. The first-order chi connectivity index (χ1) is 9.76. The Balaban J connectivity index is 2.68. The zero-order chi connectivity index (χ0) is 15.8. The van der Waals surface area contributed by atoms with Crippen molar-refractivity contribution in [1.29, 1.82) is 0 Å². The summed E-state index contributed by atoms with van der Waals surface area (Å²) in [4.78, 5) is 4.11. The van der Waals surface area contributed by atoms with E-state index in [2.05, 4.69) is 4.99 Å². The lowest BCUT2D eigenvalue weighted by atomic mass is 10.2. The lowest BCUT2D eigenvalue weighted by molar-refractivity contribution is 0.301. The van der Waals surface area contributed by atoms with E-state index in [1.54, 1.807) is 25.1 Å². The molecule has 21 heavy (non-hydrogen) atoms. The van der Waals surface area contributed by atoms with Crippen LogP contribution in [0.1, 0.15) is 12.0 Å². The lowest BCUT2D eigenvalue weighted by Gasteiger charge is -2.32. The third-order valence-electron chi connectivity index (χ3n) is 3.16. The number of nitrogens with zero attached hydrogens (tertiary/aromatic N) is 1. The van der Waals surface area contributed by atoms with Crippen LogP contribution in [0.2, 0.25) is 0 Å². The minimum Gasteiger partial charge on any atom is -0.396 e. The third-order valence-corrected chi connectivity index (χ3v) is 10.9. The van der Waals surface area contributed by atoms with E-state index in [4.69, 9.17) is 27.6 Å². The smallest absolute Gasteiger partial charge is 0.234 e. The molecule has 0 saturated heterocycles. The maximum absolute atomic E-state index is 13.0. The topological polar surface area (TPSA) is 119 Å². The minimum absolute atomic E-state index is 0.0139. The number of nitrogens with two attached hydrogens (primary N) is 2. The summed E-state index contributed by atoms with van der Waals surface area (Å²) < 4.78 is 26.0. The molecule has 1 aromatic carbocycles. The number of hydrogen-bond donors (Lipinski definition) is 3. The van der Waals surface area contributed by atoms with E-state index >= 15 is 0 Å². The summed E-state index contributed by atoms with van der Waals surface area (Å²) in [5.41, 5.74) is 6.34. The molecule has 1 heterocycles. The van der Waals surface area contributed by atoms with Crippen LogP contribution in [-0.4, -0.2) is 25.3 Å². The lowest BCUT2D eigenvalue weighted by Crippen LogP contribution is -2.33. The SMILES string of the molecule is Cc1ccccc1S(=O)(=O)S1(N)C(N)=NC(Cl)=C1CCO. The molecule has 5 N–H and O–H groups in total. The molecule has 6 nitrogen and oxygen atoms in total. The van der Waals surface area contributed by atoms with Gasteiger partial charge in [0.1, 0.15) is 5.16 Å². The summed E-state index contributed by atoms with van der Waals surface area (Å²) in [5.74, 6) is 0. The van der Waals surface area contributed by atoms with Gasteiger partial charge in [-0.1, -0.05) is 29.8 Å². The molecule has 0 spiro atoms. The zero-order valence-corrected chi connectivity index (χ0v) is 13.7. The quantitative estimate of drug-likeness (QED) is 0.562. The van der Waals surface area contributed by atoms with Gasteiger partial charge >= 0.3 is 0 Å². The van der Waals surface area contributed by atoms with Crippen LogP contribution in [-0.2, 0) is 8.87 Å². The number of aryl methyl sites for hydroxylation is 1. The van der Waals surface area contributed by atoms with Gasteiger partial charge in [0, 0.05) is 27.2 Å². The number of benzene rings is 1. The number of halogens is 1. The Morgan fingerprint density at radius 3 is 2.57 bits per heavy atom. The summed E-state index contributed by atoms with van der Waals surface area (Å²) in [6.45, 7) is 1.39. The molecule has 0 bridgehead atoms. The molecule has 1 unspecified atom stereocenters. The standard InChI is InChI=1S/C12H16ClN3O3S2/c1-8-4-2-3-5-9(8)21(18,19)20(15)10(6-7-17)11(13)16-12(20)14/h2-5,17H,6-7,15H2,1H3,(H2,14,16). The minimum atomic E-state index is -3.97. The highest BCUT2D eigenvalue weighted by Gasteiger charge is 2.47. The van der Waals surface area contributed by atoms with Gasteiger partial charge < -0.3 is 10.8 Å². The Morgan fingerprint density at radius 1 is 1.38 bits per heavy atom. The van der Waals surface area contributed by atoms with Crippen molar-refractivity contribution < 1.29 is 13.5 Å². The highest BCUT2D eigenvalue weighted by Crippen LogP contribution is 2.62. The van der Waals surface area contributed by atoms with Crippen molar-refractivity contribution in [2.24, 2.45) is 15.9 Å². The predicted octanol–water partition coefficient (Wildman–Crippen LogP) is 1.48. The van der Waals surface area contributed by atoms with E-state index in [1.807, 2.05) is 0 Å². The largest absolute Gasteiger partial charge is 0.396 e. The molecular formula is C12H16ClN3O3S2. The first kappa shape index (κ1) is 16.3. The van der Waals surface area contributed by atoms with Gasteiger partial charge in [-0.3, -0.25) is 5.14 Å². The van der Waals surface area contributed by atoms with Gasteiger partial charge in [-0.15, -0.1) is 0 Å². The summed E-state index contributed by atoms with van der Waals surface area (Å²) in [5, 5.41) is 15.1. The van der Waals surface area contributed by atoms with E-state index in [9.17, 15) is 8.42 Å². The number of hydrogen-bond acceptors (Lipinski definition) is 6. The molecule has 9 heteroatoms. The molecule has 1 aliphatic heterocycles. The van der Waals surface area contributed by atoms with Crippen molar-refractivity contribution in [2.45, 2.75) is 18.2 Å². The van der Waals surface area contributed by atoms with Gasteiger partial charge in [0.2, 0.25) is 8.87 Å². The Hall–Kier alpha value is -1.06. The Bertz CT molecular complexity index is 746. The Labute approximate surface area is 129 Å². The fourth-order valence-corrected chi connectivity index (χ4v) is 8.92. The zero-order valence-electron chi connectivity index (χ0n) is 11.3. The fraction of sp³-hybridized carbons (Fsp3) is 0.250. The Kier molecular flexibility index (Phi) is 4.36. The van der Waals surface area contributed by atoms with Crippen molar-refractivity contribution in [3.63, 3.8) is 0 Å². The second kappa shape index (κ2) is 5.62. The number of aliphatic hydroxyl groups excluding tert-OH is 1. The van der Waals surface area contributed by atoms with E-state index in [0.29, 0.717) is 5.56 Å². The molecule has 1 aromatic rings. The highest BCUT2D eigenvalue weighted by molar-refractivity contribution is 8.97. The third kappa shape index (κ3) is 2.36. The van der Waals surface area contributed by atoms with Gasteiger partial charge in [0.25, 0.3) is 0 Å². The molecule has 2 rings (SSSR count). The summed E-state index contributed by atoms with van der Waals surface area (Å²) in [6, 6.07) is 6.50. The summed E-state index contributed by atoms with van der Waals surface area (Å²) in [6.07, 6.45) is 0.0139. The number of rotatable bonds is 4. The van der Waals surface area contributed by atoms with Crippen molar-refractivity contribution >= 4 is 34.9 Å². The molecular weight excluding hydrogens is 334 g/mol. The molecule has 0 aromatic heterocycles. The Morgan fingerprint density at radius 2 is 2.00 bits per heavy atom.